The average Bonchev–Trinajstić information content (AvgIpc) is 2.05. The summed E-state index contributed by atoms with van der Waals surface area (Å²) < 4.78 is 0. The van der Waals surface area contributed by atoms with E-state index in [-0.39, 0.29) is 11.4 Å². The molecule has 0 bridgehead atoms. The topological polar surface area (TPSA) is 29.1 Å². The molecule has 0 spiro atoms. The predicted molar refractivity (Wildman–Crippen MR) is 52.5 cm³/mol. The van der Waals surface area contributed by atoms with Crippen LogP contribution in [0.1, 0.15) is 40.0 Å². The summed E-state index contributed by atoms with van der Waals surface area (Å²) in [5.41, 5.74) is -0.116. The highest BCUT2D eigenvalue weighted by Crippen LogP contribution is 2.15. The van der Waals surface area contributed by atoms with Crippen molar-refractivity contribution in [2.75, 3.05) is 5.88 Å². The van der Waals surface area contributed by atoms with Gasteiger partial charge in [-0.25, -0.2) is 0 Å². The van der Waals surface area contributed by atoms with E-state index in [0.29, 0.717) is 12.3 Å². The minimum absolute atomic E-state index is 0.101. The van der Waals surface area contributed by atoms with Crippen LogP contribution >= 0.6 is 11.6 Å². The minimum atomic E-state index is -0.116. The van der Waals surface area contributed by atoms with Gasteiger partial charge in [0.05, 0.1) is 0 Å². The lowest BCUT2D eigenvalue weighted by Gasteiger charge is -2.28. The van der Waals surface area contributed by atoms with Crippen molar-refractivity contribution in [3.05, 3.63) is 0 Å². The maximum absolute atomic E-state index is 11.1. The van der Waals surface area contributed by atoms with Crippen molar-refractivity contribution in [2.45, 2.75) is 45.6 Å². The van der Waals surface area contributed by atoms with E-state index in [1.165, 1.54) is 0 Å². The molecule has 0 aromatic heterocycles. The Morgan fingerprint density at radius 3 is 2.42 bits per heavy atom. The van der Waals surface area contributed by atoms with Crippen LogP contribution in [0.25, 0.3) is 0 Å². The summed E-state index contributed by atoms with van der Waals surface area (Å²) in [7, 11) is 0. The van der Waals surface area contributed by atoms with Crippen LogP contribution in [-0.2, 0) is 4.79 Å². The van der Waals surface area contributed by atoms with Gasteiger partial charge >= 0.3 is 0 Å². The van der Waals surface area contributed by atoms with E-state index in [1.807, 2.05) is 13.8 Å². The van der Waals surface area contributed by atoms with Gasteiger partial charge in [0.1, 0.15) is 0 Å². The van der Waals surface area contributed by atoms with Crippen molar-refractivity contribution >= 4 is 17.5 Å². The monoisotopic (exact) mass is 191 g/mol. The van der Waals surface area contributed by atoms with E-state index in [2.05, 4.69) is 12.2 Å². The Morgan fingerprint density at radius 2 is 2.08 bits per heavy atom. The second-order valence-corrected chi connectivity index (χ2v) is 3.63. The molecule has 12 heavy (non-hydrogen) atoms. The molecule has 1 atom stereocenters. The molecule has 1 unspecified atom stereocenters. The van der Waals surface area contributed by atoms with Crippen molar-refractivity contribution in [1.29, 1.82) is 0 Å². The van der Waals surface area contributed by atoms with Gasteiger partial charge in [-0.3, -0.25) is 4.79 Å². The summed E-state index contributed by atoms with van der Waals surface area (Å²) >= 11 is 5.64. The lowest BCUT2D eigenvalue weighted by molar-refractivity contribution is -0.122. The lowest BCUT2D eigenvalue weighted by atomic mass is 9.95. The van der Waals surface area contributed by atoms with Gasteiger partial charge in [0.25, 0.3) is 0 Å². The molecule has 2 nitrogen and oxygen atoms in total. The lowest BCUT2D eigenvalue weighted by Crippen LogP contribution is -2.45. The Balaban J connectivity index is 4.03. The Bertz CT molecular complexity index is 149. The van der Waals surface area contributed by atoms with Crippen LogP contribution in [0.4, 0.5) is 0 Å². The fourth-order valence-corrected chi connectivity index (χ4v) is 1.38. The summed E-state index contributed by atoms with van der Waals surface area (Å²) in [4.78, 5) is 11.1. The number of alkyl halides is 1. The number of nitrogens with one attached hydrogen (secondary N) is 1. The van der Waals surface area contributed by atoms with Gasteiger partial charge in [-0.1, -0.05) is 13.8 Å². The van der Waals surface area contributed by atoms with E-state index in [9.17, 15) is 4.79 Å². The molecule has 0 aliphatic heterocycles. The zero-order valence-corrected chi connectivity index (χ0v) is 8.87. The van der Waals surface area contributed by atoms with Crippen molar-refractivity contribution < 1.29 is 4.79 Å². The van der Waals surface area contributed by atoms with E-state index in [1.54, 1.807) is 0 Å². The highest BCUT2D eigenvalue weighted by Gasteiger charge is 2.22. The van der Waals surface area contributed by atoms with E-state index < -0.39 is 0 Å². The summed E-state index contributed by atoms with van der Waals surface area (Å²) in [6.45, 7) is 5.94. The molecule has 1 amide bonds. The van der Waals surface area contributed by atoms with Crippen LogP contribution in [0, 0.1) is 0 Å². The molecule has 0 rings (SSSR count). The van der Waals surface area contributed by atoms with Crippen molar-refractivity contribution in [1.82, 2.24) is 5.32 Å². The summed E-state index contributed by atoms with van der Waals surface area (Å²) in [6, 6.07) is 0. The van der Waals surface area contributed by atoms with Crippen molar-refractivity contribution in [2.24, 2.45) is 0 Å². The molecular weight excluding hydrogens is 174 g/mol. The smallest absolute Gasteiger partial charge is 0.220 e. The molecule has 3 heteroatoms. The van der Waals surface area contributed by atoms with Gasteiger partial charge in [-0.2, -0.15) is 0 Å². The highest BCUT2D eigenvalue weighted by molar-refractivity contribution is 6.17. The van der Waals surface area contributed by atoms with E-state index in [0.717, 1.165) is 12.8 Å². The van der Waals surface area contributed by atoms with Crippen LogP contribution in [0.5, 0.6) is 0 Å². The van der Waals surface area contributed by atoms with E-state index >= 15 is 0 Å². The van der Waals surface area contributed by atoms with Crippen LogP contribution in [0.15, 0.2) is 0 Å². The molecule has 0 aliphatic carbocycles. The summed E-state index contributed by atoms with van der Waals surface area (Å²) in [6.07, 6.45) is 2.29. The molecule has 0 aromatic rings. The molecule has 1 N–H and O–H groups in total. The quantitative estimate of drug-likeness (QED) is 0.664. The first kappa shape index (κ1) is 11.8. The third-order valence-electron chi connectivity index (χ3n) is 2.19. The number of carbonyl (C=O) groups excluding carboxylic acids is 1. The van der Waals surface area contributed by atoms with Crippen molar-refractivity contribution in [3.63, 3.8) is 0 Å². The third kappa shape index (κ3) is 3.96. The molecule has 0 saturated carbocycles. The number of hydrogen-bond donors (Lipinski definition) is 1. The summed E-state index contributed by atoms with van der Waals surface area (Å²) in [5.74, 6) is 0.693. The van der Waals surface area contributed by atoms with Crippen LogP contribution in [0.3, 0.4) is 0 Å². The second-order valence-electron chi connectivity index (χ2n) is 3.25. The van der Waals surface area contributed by atoms with Gasteiger partial charge in [-0.15, -0.1) is 11.6 Å². The van der Waals surface area contributed by atoms with Gasteiger partial charge in [0.15, 0.2) is 0 Å². The third-order valence-corrected chi connectivity index (χ3v) is 2.38. The standard InChI is InChI=1S/C9H18ClNO/c1-4-8(12)11-9(3,5-2)6-7-10/h4-7H2,1-3H3,(H,11,12). The SMILES string of the molecule is CCC(=O)NC(C)(CC)CCCl. The first-order valence-corrected chi connectivity index (χ1v) is 4.98. The molecular formula is C9H18ClNO. The first-order chi connectivity index (χ1) is 5.58. The van der Waals surface area contributed by atoms with Crippen LogP contribution in [0.2, 0.25) is 0 Å². The Labute approximate surface area is 79.7 Å². The second kappa shape index (κ2) is 5.41. The molecule has 0 aromatic carbocycles. The normalized spacial score (nSPS) is 15.3. The molecule has 0 radical (unpaired) electrons. The molecule has 0 saturated heterocycles. The zero-order chi connectivity index (χ0) is 9.61. The average molecular weight is 192 g/mol. The van der Waals surface area contributed by atoms with Crippen LogP contribution in [-0.4, -0.2) is 17.3 Å². The Kier molecular flexibility index (Phi) is 5.31. The van der Waals surface area contributed by atoms with Crippen molar-refractivity contribution in [3.8, 4) is 0 Å². The predicted octanol–water partition coefficient (Wildman–Crippen LogP) is 2.31. The number of carbonyl (C=O) groups is 1. The van der Waals surface area contributed by atoms with Crippen LogP contribution < -0.4 is 5.32 Å². The molecule has 0 heterocycles. The number of hydrogen-bond acceptors (Lipinski definition) is 1. The molecule has 72 valence electrons. The molecule has 0 aliphatic rings. The molecule has 0 fully saturated rings. The highest BCUT2D eigenvalue weighted by atomic mass is 35.5. The fourth-order valence-electron chi connectivity index (χ4n) is 0.961. The number of amides is 1. The Morgan fingerprint density at radius 1 is 1.50 bits per heavy atom. The van der Waals surface area contributed by atoms with Gasteiger partial charge < -0.3 is 5.32 Å². The zero-order valence-electron chi connectivity index (χ0n) is 8.11. The largest absolute Gasteiger partial charge is 0.351 e. The Hall–Kier alpha value is -0.240. The van der Waals surface area contributed by atoms with Gasteiger partial charge in [0, 0.05) is 17.8 Å². The number of halogens is 1. The maximum atomic E-state index is 11.1. The number of rotatable bonds is 5. The maximum Gasteiger partial charge on any atom is 0.220 e. The van der Waals surface area contributed by atoms with E-state index in [4.69, 9.17) is 11.6 Å². The first-order valence-electron chi connectivity index (χ1n) is 4.45. The van der Waals surface area contributed by atoms with Gasteiger partial charge in [0.2, 0.25) is 5.91 Å². The summed E-state index contributed by atoms with van der Waals surface area (Å²) in [5, 5.41) is 2.97. The minimum Gasteiger partial charge on any atom is -0.351 e. The fraction of sp³-hybridized carbons (Fsp3) is 0.889. The van der Waals surface area contributed by atoms with Gasteiger partial charge in [-0.05, 0) is 19.8 Å².